The van der Waals surface area contributed by atoms with E-state index in [1.54, 1.807) is 13.8 Å². The number of hydrogen-bond acceptors (Lipinski definition) is 2. The Morgan fingerprint density at radius 1 is 1.32 bits per heavy atom. The monoisotopic (exact) mass is 315 g/mol. The van der Waals surface area contributed by atoms with Gasteiger partial charge in [-0.1, -0.05) is 25.4 Å². The summed E-state index contributed by atoms with van der Waals surface area (Å²) in [6.07, 6.45) is -4.69. The summed E-state index contributed by atoms with van der Waals surface area (Å²) < 4.78 is 63.7. The molecule has 0 bridgehead atoms. The number of halogens is 4. The molecule has 0 amide bonds. The fourth-order valence-corrected chi connectivity index (χ4v) is 2.71. The molecule has 0 aliphatic heterocycles. The second-order valence-corrected chi connectivity index (χ2v) is 6.56. The minimum atomic E-state index is -4.69. The Labute approximate surface area is 114 Å². The van der Waals surface area contributed by atoms with Gasteiger partial charge in [0.2, 0.25) is 10.0 Å². The molecule has 19 heavy (non-hydrogen) atoms. The van der Waals surface area contributed by atoms with E-state index in [2.05, 4.69) is 4.72 Å². The van der Waals surface area contributed by atoms with Gasteiger partial charge in [0.25, 0.3) is 0 Å². The highest BCUT2D eigenvalue weighted by molar-refractivity contribution is 7.89. The highest BCUT2D eigenvalue weighted by Gasteiger charge is 2.34. The van der Waals surface area contributed by atoms with Crippen LogP contribution < -0.4 is 4.72 Å². The summed E-state index contributed by atoms with van der Waals surface area (Å²) in [6.45, 7) is 3.71. The maximum Gasteiger partial charge on any atom is 0.417 e. The SMILES string of the molecule is CC(C)CNS(=O)(=O)c1ccc(Cl)c(C(F)(F)F)c1. The fourth-order valence-electron chi connectivity index (χ4n) is 1.25. The van der Waals surface area contributed by atoms with Crippen LogP contribution in [0.1, 0.15) is 19.4 Å². The summed E-state index contributed by atoms with van der Waals surface area (Å²) in [6, 6.07) is 2.50. The van der Waals surface area contributed by atoms with Crippen molar-refractivity contribution in [3.05, 3.63) is 28.8 Å². The van der Waals surface area contributed by atoms with E-state index in [4.69, 9.17) is 11.6 Å². The first-order valence-corrected chi connectivity index (χ1v) is 7.26. The third kappa shape index (κ3) is 4.36. The van der Waals surface area contributed by atoms with Crippen molar-refractivity contribution in [2.45, 2.75) is 24.9 Å². The standard InChI is InChI=1S/C11H13ClF3NO2S/c1-7(2)6-16-19(17,18)8-3-4-10(12)9(5-8)11(13,14)15/h3-5,7,16H,6H2,1-2H3. The first-order chi connectivity index (χ1) is 8.54. The minimum Gasteiger partial charge on any atom is -0.211 e. The van der Waals surface area contributed by atoms with Crippen molar-refractivity contribution in [1.82, 2.24) is 4.72 Å². The molecule has 0 saturated carbocycles. The van der Waals surface area contributed by atoms with E-state index < -0.39 is 31.7 Å². The topological polar surface area (TPSA) is 46.2 Å². The van der Waals surface area contributed by atoms with Crippen LogP contribution in [0.25, 0.3) is 0 Å². The number of sulfonamides is 1. The van der Waals surface area contributed by atoms with E-state index in [1.807, 2.05) is 0 Å². The highest BCUT2D eigenvalue weighted by Crippen LogP contribution is 2.35. The quantitative estimate of drug-likeness (QED) is 0.926. The lowest BCUT2D eigenvalue weighted by Crippen LogP contribution is -2.27. The molecule has 1 rings (SSSR count). The van der Waals surface area contributed by atoms with Crippen molar-refractivity contribution < 1.29 is 21.6 Å². The molecule has 0 unspecified atom stereocenters. The van der Waals surface area contributed by atoms with Crippen molar-refractivity contribution in [3.63, 3.8) is 0 Å². The van der Waals surface area contributed by atoms with Crippen LogP contribution >= 0.6 is 11.6 Å². The van der Waals surface area contributed by atoms with Crippen LogP contribution in [0.15, 0.2) is 23.1 Å². The summed E-state index contributed by atoms with van der Waals surface area (Å²) in [5.74, 6) is 0.0455. The van der Waals surface area contributed by atoms with Gasteiger partial charge in [-0.25, -0.2) is 13.1 Å². The molecule has 0 aliphatic rings. The van der Waals surface area contributed by atoms with Gasteiger partial charge < -0.3 is 0 Å². The summed E-state index contributed by atoms with van der Waals surface area (Å²) in [5.41, 5.74) is -1.17. The van der Waals surface area contributed by atoms with Crippen LogP contribution in [-0.2, 0) is 16.2 Å². The zero-order valence-electron chi connectivity index (χ0n) is 10.3. The molecule has 0 fully saturated rings. The predicted octanol–water partition coefficient (Wildman–Crippen LogP) is 3.29. The molecule has 0 aliphatic carbocycles. The van der Waals surface area contributed by atoms with Gasteiger partial charge in [-0.15, -0.1) is 0 Å². The van der Waals surface area contributed by atoms with Gasteiger partial charge in [0, 0.05) is 6.54 Å². The zero-order chi connectivity index (χ0) is 14.8. The summed E-state index contributed by atoms with van der Waals surface area (Å²) >= 11 is 5.42. The Bertz CT molecular complexity index is 556. The van der Waals surface area contributed by atoms with Crippen LogP contribution in [0.3, 0.4) is 0 Å². The van der Waals surface area contributed by atoms with Gasteiger partial charge in [0.05, 0.1) is 15.5 Å². The maximum atomic E-state index is 12.6. The normalized spacial score (nSPS) is 13.0. The first kappa shape index (κ1) is 16.3. The lowest BCUT2D eigenvalue weighted by Gasteiger charge is -2.12. The van der Waals surface area contributed by atoms with E-state index in [9.17, 15) is 21.6 Å². The number of benzene rings is 1. The van der Waals surface area contributed by atoms with Crippen LogP contribution in [0, 0.1) is 5.92 Å². The lowest BCUT2D eigenvalue weighted by atomic mass is 10.2. The van der Waals surface area contributed by atoms with Crippen LogP contribution in [0.2, 0.25) is 5.02 Å². The predicted molar refractivity (Wildman–Crippen MR) is 66.5 cm³/mol. The Hall–Kier alpha value is -0.790. The van der Waals surface area contributed by atoms with E-state index in [0.29, 0.717) is 6.07 Å². The third-order valence-corrected chi connectivity index (χ3v) is 3.99. The van der Waals surface area contributed by atoms with E-state index in [0.717, 1.165) is 12.1 Å². The average molecular weight is 316 g/mol. The summed E-state index contributed by atoms with van der Waals surface area (Å²) in [4.78, 5) is -0.454. The molecule has 0 heterocycles. The zero-order valence-corrected chi connectivity index (χ0v) is 11.8. The van der Waals surface area contributed by atoms with E-state index in [-0.39, 0.29) is 12.5 Å². The Morgan fingerprint density at radius 3 is 2.37 bits per heavy atom. The Morgan fingerprint density at radius 2 is 1.89 bits per heavy atom. The number of hydrogen-bond donors (Lipinski definition) is 1. The lowest BCUT2D eigenvalue weighted by molar-refractivity contribution is -0.137. The molecular weight excluding hydrogens is 303 g/mol. The van der Waals surface area contributed by atoms with Crippen molar-refractivity contribution in [1.29, 1.82) is 0 Å². The molecule has 0 spiro atoms. The highest BCUT2D eigenvalue weighted by atomic mass is 35.5. The van der Waals surface area contributed by atoms with Crippen LogP contribution in [-0.4, -0.2) is 15.0 Å². The van der Waals surface area contributed by atoms with Gasteiger partial charge in [-0.2, -0.15) is 13.2 Å². The molecule has 3 nitrogen and oxygen atoms in total. The van der Waals surface area contributed by atoms with Crippen molar-refractivity contribution >= 4 is 21.6 Å². The van der Waals surface area contributed by atoms with E-state index >= 15 is 0 Å². The molecule has 8 heteroatoms. The van der Waals surface area contributed by atoms with Gasteiger partial charge in [0.1, 0.15) is 0 Å². The summed E-state index contributed by atoms with van der Waals surface area (Å²) in [7, 11) is -3.96. The van der Waals surface area contributed by atoms with Crippen molar-refractivity contribution in [3.8, 4) is 0 Å². The van der Waals surface area contributed by atoms with Gasteiger partial charge in [0.15, 0.2) is 0 Å². The second kappa shape index (κ2) is 5.68. The van der Waals surface area contributed by atoms with Gasteiger partial charge in [-0.05, 0) is 24.1 Å². The molecule has 0 aromatic heterocycles. The van der Waals surface area contributed by atoms with Crippen molar-refractivity contribution in [2.75, 3.05) is 6.54 Å². The molecule has 0 saturated heterocycles. The molecule has 0 radical (unpaired) electrons. The first-order valence-electron chi connectivity index (χ1n) is 5.40. The van der Waals surface area contributed by atoms with E-state index in [1.165, 1.54) is 0 Å². The Balaban J connectivity index is 3.16. The maximum absolute atomic E-state index is 12.6. The van der Waals surface area contributed by atoms with Gasteiger partial charge >= 0.3 is 6.18 Å². The molecular formula is C11H13ClF3NO2S. The summed E-state index contributed by atoms with van der Waals surface area (Å²) in [5, 5.41) is -0.532. The fraction of sp³-hybridized carbons (Fsp3) is 0.455. The van der Waals surface area contributed by atoms with Crippen LogP contribution in [0.5, 0.6) is 0 Å². The Kier molecular flexibility index (Phi) is 4.86. The molecule has 1 aromatic rings. The number of nitrogens with one attached hydrogen (secondary N) is 1. The largest absolute Gasteiger partial charge is 0.417 e. The minimum absolute atomic E-state index is 0.0455. The molecule has 1 aromatic carbocycles. The number of rotatable bonds is 4. The number of alkyl halides is 3. The molecule has 108 valence electrons. The third-order valence-electron chi connectivity index (χ3n) is 2.24. The second-order valence-electron chi connectivity index (χ2n) is 4.39. The smallest absolute Gasteiger partial charge is 0.211 e. The molecule has 1 N–H and O–H groups in total. The average Bonchev–Trinajstić information content (AvgIpc) is 2.25. The molecule has 0 atom stereocenters. The van der Waals surface area contributed by atoms with Gasteiger partial charge in [-0.3, -0.25) is 0 Å². The van der Waals surface area contributed by atoms with Crippen molar-refractivity contribution in [2.24, 2.45) is 5.92 Å². The van der Waals surface area contributed by atoms with Crippen LogP contribution in [0.4, 0.5) is 13.2 Å².